The van der Waals surface area contributed by atoms with Crippen LogP contribution in [0.25, 0.3) is 0 Å². The van der Waals surface area contributed by atoms with Crippen molar-refractivity contribution in [1.29, 1.82) is 0 Å². The van der Waals surface area contributed by atoms with Gasteiger partial charge in [-0.05, 0) is 31.2 Å². The summed E-state index contributed by atoms with van der Waals surface area (Å²) < 4.78 is 0. The van der Waals surface area contributed by atoms with E-state index in [4.69, 9.17) is 4.98 Å². The van der Waals surface area contributed by atoms with Gasteiger partial charge in [0.2, 0.25) is 0 Å². The molecule has 0 unspecified atom stereocenters. The molecule has 0 aliphatic carbocycles. The molecule has 1 aliphatic rings. The summed E-state index contributed by atoms with van der Waals surface area (Å²) in [7, 11) is 0. The second kappa shape index (κ2) is 6.71. The molecule has 0 saturated carbocycles. The van der Waals surface area contributed by atoms with Gasteiger partial charge in [0.25, 0.3) is 0 Å². The van der Waals surface area contributed by atoms with Crippen molar-refractivity contribution in [2.24, 2.45) is 5.92 Å². The summed E-state index contributed by atoms with van der Waals surface area (Å²) in [5, 5.41) is 4.79. The quantitative estimate of drug-likeness (QED) is 0.863. The molecule has 1 saturated heterocycles. The smallest absolute Gasteiger partial charge is 0.185 e. The van der Waals surface area contributed by atoms with Crippen molar-refractivity contribution in [2.45, 2.75) is 53.0 Å². The molecule has 1 fully saturated rings. The molecule has 0 spiro atoms. The van der Waals surface area contributed by atoms with Gasteiger partial charge in [0.15, 0.2) is 5.13 Å². The molecule has 0 radical (unpaired) electrons. The minimum atomic E-state index is 0.517. The Morgan fingerprint density at radius 1 is 1.21 bits per heavy atom. The first-order valence-electron chi connectivity index (χ1n) is 7.53. The highest BCUT2D eigenvalue weighted by Crippen LogP contribution is 2.32. The average molecular weight is 281 g/mol. The van der Waals surface area contributed by atoms with E-state index < -0.39 is 0 Å². The number of rotatable bonds is 6. The lowest BCUT2D eigenvalue weighted by molar-refractivity contribution is 0.552. The Kier molecular flexibility index (Phi) is 5.22. The van der Waals surface area contributed by atoms with Crippen molar-refractivity contribution in [3.63, 3.8) is 0 Å². The number of thiazole rings is 1. The lowest BCUT2D eigenvalue weighted by atomic mass is 10.1. The zero-order valence-electron chi connectivity index (χ0n) is 12.7. The molecular weight excluding hydrogens is 254 g/mol. The van der Waals surface area contributed by atoms with E-state index in [0.29, 0.717) is 11.8 Å². The van der Waals surface area contributed by atoms with Crippen molar-refractivity contribution in [2.75, 3.05) is 24.5 Å². The van der Waals surface area contributed by atoms with Gasteiger partial charge < -0.3 is 10.2 Å². The van der Waals surface area contributed by atoms with Gasteiger partial charge in [-0.15, -0.1) is 11.3 Å². The highest BCUT2D eigenvalue weighted by molar-refractivity contribution is 7.15. The third kappa shape index (κ3) is 3.93. The molecule has 4 heteroatoms. The first kappa shape index (κ1) is 14.8. The molecule has 19 heavy (non-hydrogen) atoms. The largest absolute Gasteiger partial charge is 0.348 e. The van der Waals surface area contributed by atoms with E-state index in [-0.39, 0.29) is 0 Å². The summed E-state index contributed by atoms with van der Waals surface area (Å²) in [5.74, 6) is 1.22. The number of anilines is 1. The maximum Gasteiger partial charge on any atom is 0.185 e. The van der Waals surface area contributed by atoms with Gasteiger partial charge in [-0.25, -0.2) is 4.98 Å². The Morgan fingerprint density at radius 2 is 1.89 bits per heavy atom. The summed E-state index contributed by atoms with van der Waals surface area (Å²) in [4.78, 5) is 8.77. The summed E-state index contributed by atoms with van der Waals surface area (Å²) in [6, 6.07) is 0. The minimum Gasteiger partial charge on any atom is -0.348 e. The normalized spacial score (nSPS) is 16.0. The van der Waals surface area contributed by atoms with Crippen molar-refractivity contribution < 1.29 is 0 Å². The highest BCUT2D eigenvalue weighted by atomic mass is 32.1. The number of nitrogens with one attached hydrogen (secondary N) is 1. The van der Waals surface area contributed by atoms with E-state index in [1.807, 2.05) is 11.3 Å². The predicted octanol–water partition coefficient (Wildman–Crippen LogP) is 3.61. The first-order chi connectivity index (χ1) is 9.08. The second-order valence-electron chi connectivity index (χ2n) is 6.18. The van der Waals surface area contributed by atoms with Crippen LogP contribution in [0.4, 0.5) is 5.13 Å². The Hall–Kier alpha value is -0.610. The number of aromatic nitrogens is 1. The summed E-state index contributed by atoms with van der Waals surface area (Å²) in [6.45, 7) is 13.4. The van der Waals surface area contributed by atoms with E-state index in [0.717, 1.165) is 13.1 Å². The zero-order valence-corrected chi connectivity index (χ0v) is 13.5. The van der Waals surface area contributed by atoms with E-state index in [9.17, 15) is 0 Å². The van der Waals surface area contributed by atoms with E-state index in [2.05, 4.69) is 37.9 Å². The zero-order chi connectivity index (χ0) is 13.8. The fraction of sp³-hybridized carbons (Fsp3) is 0.800. The van der Waals surface area contributed by atoms with Crippen LogP contribution in [0, 0.1) is 5.92 Å². The number of hydrogen-bond donors (Lipinski definition) is 1. The molecular formula is C15H27N3S. The van der Waals surface area contributed by atoms with Crippen molar-refractivity contribution in [3.8, 4) is 0 Å². The van der Waals surface area contributed by atoms with Crippen molar-refractivity contribution in [1.82, 2.24) is 10.3 Å². The van der Waals surface area contributed by atoms with Crippen LogP contribution in [0.2, 0.25) is 0 Å². The molecule has 0 amide bonds. The van der Waals surface area contributed by atoms with Gasteiger partial charge in [0.1, 0.15) is 0 Å². The van der Waals surface area contributed by atoms with E-state index >= 15 is 0 Å². The maximum atomic E-state index is 4.89. The second-order valence-corrected chi connectivity index (χ2v) is 7.24. The van der Waals surface area contributed by atoms with Gasteiger partial charge in [-0.1, -0.05) is 27.7 Å². The van der Waals surface area contributed by atoms with Crippen LogP contribution < -0.4 is 10.2 Å². The molecule has 2 rings (SSSR count). The first-order valence-corrected chi connectivity index (χ1v) is 8.35. The Bertz CT molecular complexity index is 392. The average Bonchev–Trinajstić information content (AvgIpc) is 2.96. The minimum absolute atomic E-state index is 0.517. The fourth-order valence-corrected chi connectivity index (χ4v) is 3.68. The van der Waals surface area contributed by atoms with Gasteiger partial charge in [-0.3, -0.25) is 0 Å². The Morgan fingerprint density at radius 3 is 2.47 bits per heavy atom. The number of nitrogens with zero attached hydrogens (tertiary/aromatic N) is 2. The lowest BCUT2D eigenvalue weighted by Gasteiger charge is -2.12. The molecule has 0 atom stereocenters. The third-order valence-corrected chi connectivity index (χ3v) is 4.61. The van der Waals surface area contributed by atoms with Gasteiger partial charge in [0, 0.05) is 24.5 Å². The SMILES string of the molecule is CC(C)CNCc1sc(N2CCCC2)nc1C(C)C. The Balaban J connectivity index is 2.06. The van der Waals surface area contributed by atoms with Gasteiger partial charge in [0.05, 0.1) is 5.69 Å². The Labute approximate surface area is 121 Å². The topological polar surface area (TPSA) is 28.2 Å². The highest BCUT2D eigenvalue weighted by Gasteiger charge is 2.20. The fourth-order valence-electron chi connectivity index (χ4n) is 2.45. The molecule has 1 aromatic heterocycles. The van der Waals surface area contributed by atoms with Crippen molar-refractivity contribution in [3.05, 3.63) is 10.6 Å². The van der Waals surface area contributed by atoms with Crippen LogP contribution in [0.1, 0.15) is 57.0 Å². The van der Waals surface area contributed by atoms with Crippen LogP contribution in [0.5, 0.6) is 0 Å². The predicted molar refractivity (Wildman–Crippen MR) is 84.2 cm³/mol. The van der Waals surface area contributed by atoms with Crippen LogP contribution >= 0.6 is 11.3 Å². The summed E-state index contributed by atoms with van der Waals surface area (Å²) in [6.07, 6.45) is 2.63. The maximum absolute atomic E-state index is 4.89. The monoisotopic (exact) mass is 281 g/mol. The standard InChI is InChI=1S/C15H27N3S/c1-11(2)9-16-10-13-14(12(3)4)17-15(19-13)18-7-5-6-8-18/h11-12,16H,5-10H2,1-4H3. The molecule has 1 N–H and O–H groups in total. The molecule has 108 valence electrons. The lowest BCUT2D eigenvalue weighted by Crippen LogP contribution is -2.19. The summed E-state index contributed by atoms with van der Waals surface area (Å²) in [5.41, 5.74) is 1.29. The van der Waals surface area contributed by atoms with Crippen LogP contribution in [0.3, 0.4) is 0 Å². The number of hydrogen-bond acceptors (Lipinski definition) is 4. The van der Waals surface area contributed by atoms with Gasteiger partial charge >= 0.3 is 0 Å². The van der Waals surface area contributed by atoms with Gasteiger partial charge in [-0.2, -0.15) is 0 Å². The van der Waals surface area contributed by atoms with Crippen LogP contribution in [-0.4, -0.2) is 24.6 Å². The molecule has 2 heterocycles. The molecule has 3 nitrogen and oxygen atoms in total. The van der Waals surface area contributed by atoms with Crippen LogP contribution in [-0.2, 0) is 6.54 Å². The molecule has 1 aromatic rings. The molecule has 0 bridgehead atoms. The molecule has 0 aromatic carbocycles. The van der Waals surface area contributed by atoms with Crippen molar-refractivity contribution >= 4 is 16.5 Å². The summed E-state index contributed by atoms with van der Waals surface area (Å²) >= 11 is 1.89. The third-order valence-electron chi connectivity index (χ3n) is 3.48. The van der Waals surface area contributed by atoms with E-state index in [1.165, 1.54) is 41.6 Å². The van der Waals surface area contributed by atoms with Crippen LogP contribution in [0.15, 0.2) is 0 Å². The molecule has 1 aliphatic heterocycles. The van der Waals surface area contributed by atoms with E-state index in [1.54, 1.807) is 0 Å².